The molecule has 3 aromatic rings. The quantitative estimate of drug-likeness (QED) is 0.600. The van der Waals surface area contributed by atoms with E-state index >= 15 is 0 Å². The van der Waals surface area contributed by atoms with Crippen LogP contribution in [0.4, 0.5) is 13.2 Å². The smallest absolute Gasteiger partial charge is 0.391 e. The first-order chi connectivity index (χ1) is 13.7. The van der Waals surface area contributed by atoms with Gasteiger partial charge in [0, 0.05) is 16.5 Å². The molecule has 0 radical (unpaired) electrons. The zero-order valence-electron chi connectivity index (χ0n) is 15.1. The second-order valence-corrected chi connectivity index (χ2v) is 7.67. The molecule has 2 heterocycles. The summed E-state index contributed by atoms with van der Waals surface area (Å²) < 4.78 is 45.1. The highest BCUT2D eigenvalue weighted by molar-refractivity contribution is 6.30. The molecule has 1 aliphatic rings. The van der Waals surface area contributed by atoms with Gasteiger partial charge in [0.1, 0.15) is 18.0 Å². The Morgan fingerprint density at radius 2 is 1.97 bits per heavy atom. The maximum Gasteiger partial charge on any atom is 0.391 e. The second kappa shape index (κ2) is 7.33. The fourth-order valence-corrected chi connectivity index (χ4v) is 3.92. The molecular formula is C20H16ClF3N2O3. The van der Waals surface area contributed by atoms with Crippen molar-refractivity contribution in [2.24, 2.45) is 11.8 Å². The molecule has 0 bridgehead atoms. The summed E-state index contributed by atoms with van der Waals surface area (Å²) in [7, 11) is 0. The number of hydrogen-bond acceptors (Lipinski definition) is 4. The zero-order chi connectivity index (χ0) is 20.8. The Kier molecular flexibility index (Phi) is 4.98. The van der Waals surface area contributed by atoms with Crippen LogP contribution in [0.25, 0.3) is 22.2 Å². The number of benzene rings is 1. The average Bonchev–Trinajstić information content (AvgIpc) is 3.32. The summed E-state index contributed by atoms with van der Waals surface area (Å²) in [5.74, 6) is -2.56. The van der Waals surface area contributed by atoms with Gasteiger partial charge in [0.2, 0.25) is 5.71 Å². The number of carbonyl (C=O) groups is 1. The third kappa shape index (κ3) is 3.81. The highest BCUT2D eigenvalue weighted by Crippen LogP contribution is 2.42. The number of fused-ring (bicyclic) bond motifs is 1. The summed E-state index contributed by atoms with van der Waals surface area (Å²) in [4.78, 5) is 29.5. The van der Waals surface area contributed by atoms with Crippen molar-refractivity contribution < 1.29 is 22.4 Å². The normalized spacial score (nSPS) is 19.7. The van der Waals surface area contributed by atoms with Crippen LogP contribution < -0.4 is 5.56 Å². The molecule has 4 rings (SSSR count). The van der Waals surface area contributed by atoms with Crippen LogP contribution in [0.5, 0.6) is 0 Å². The monoisotopic (exact) mass is 424 g/mol. The number of rotatable bonds is 4. The number of Topliss-reactive ketones (excluding diaryl/α,β-unsaturated/α-hetero) is 1. The van der Waals surface area contributed by atoms with Gasteiger partial charge in [-0.25, -0.2) is 4.98 Å². The van der Waals surface area contributed by atoms with E-state index in [1.54, 1.807) is 24.3 Å². The van der Waals surface area contributed by atoms with E-state index in [0.717, 1.165) is 4.57 Å². The average molecular weight is 425 g/mol. The first-order valence-corrected chi connectivity index (χ1v) is 9.44. The highest BCUT2D eigenvalue weighted by Gasteiger charge is 2.45. The molecule has 5 nitrogen and oxygen atoms in total. The Morgan fingerprint density at radius 3 is 2.62 bits per heavy atom. The number of furan rings is 1. The topological polar surface area (TPSA) is 65.1 Å². The molecule has 152 valence electrons. The molecule has 2 aromatic heterocycles. The Bertz CT molecular complexity index is 1120. The van der Waals surface area contributed by atoms with Gasteiger partial charge in [-0.1, -0.05) is 23.7 Å². The molecule has 29 heavy (non-hydrogen) atoms. The van der Waals surface area contributed by atoms with Crippen LogP contribution >= 0.6 is 11.6 Å². The van der Waals surface area contributed by atoms with Gasteiger partial charge < -0.3 is 4.42 Å². The lowest BCUT2D eigenvalue weighted by Crippen LogP contribution is -2.28. The van der Waals surface area contributed by atoms with E-state index in [0.29, 0.717) is 16.1 Å². The SMILES string of the molecule is O=C(Cn1cnc2occ(-c3ccc(Cl)cc3)c2c1=O)C1CCC(C(F)(F)F)C1. The summed E-state index contributed by atoms with van der Waals surface area (Å²) in [6, 6.07) is 6.80. The van der Waals surface area contributed by atoms with Crippen LogP contribution in [0.2, 0.25) is 5.02 Å². The Hall–Kier alpha value is -2.61. The van der Waals surface area contributed by atoms with E-state index in [1.807, 2.05) is 0 Å². The van der Waals surface area contributed by atoms with Gasteiger partial charge >= 0.3 is 6.18 Å². The van der Waals surface area contributed by atoms with E-state index in [1.165, 1.54) is 12.6 Å². The summed E-state index contributed by atoms with van der Waals surface area (Å²) in [5, 5.41) is 0.749. The van der Waals surface area contributed by atoms with Crippen molar-refractivity contribution in [3.05, 3.63) is 52.2 Å². The van der Waals surface area contributed by atoms with Gasteiger partial charge in [-0.05, 0) is 37.0 Å². The molecule has 0 spiro atoms. The van der Waals surface area contributed by atoms with Crippen LogP contribution in [0.1, 0.15) is 19.3 Å². The third-order valence-corrected chi connectivity index (χ3v) is 5.64. The number of carbonyl (C=O) groups excluding carboxylic acids is 1. The van der Waals surface area contributed by atoms with Crippen molar-refractivity contribution in [2.45, 2.75) is 32.0 Å². The summed E-state index contributed by atoms with van der Waals surface area (Å²) >= 11 is 5.90. The summed E-state index contributed by atoms with van der Waals surface area (Å²) in [5.41, 5.74) is 0.850. The van der Waals surface area contributed by atoms with Gasteiger partial charge in [0.25, 0.3) is 5.56 Å². The predicted molar refractivity (Wildman–Crippen MR) is 101 cm³/mol. The van der Waals surface area contributed by atoms with Gasteiger partial charge in [-0.3, -0.25) is 14.2 Å². The second-order valence-electron chi connectivity index (χ2n) is 7.23. The molecule has 2 unspecified atom stereocenters. The van der Waals surface area contributed by atoms with Crippen molar-refractivity contribution >= 4 is 28.5 Å². The van der Waals surface area contributed by atoms with Crippen LogP contribution in [0.3, 0.4) is 0 Å². The molecule has 0 saturated heterocycles. The fourth-order valence-electron chi connectivity index (χ4n) is 3.79. The molecule has 1 aromatic carbocycles. The van der Waals surface area contributed by atoms with E-state index in [-0.39, 0.29) is 36.9 Å². The molecule has 1 saturated carbocycles. The minimum atomic E-state index is -4.30. The number of nitrogens with zero attached hydrogens (tertiary/aromatic N) is 2. The standard InChI is InChI=1S/C20H16ClF3N2O3/c21-14-5-2-11(3-6-14)15-9-29-18-17(15)19(28)26(10-25-18)8-16(27)12-1-4-13(7-12)20(22,23)24/h2-3,5-6,9-10,12-13H,1,4,7-8H2. The third-order valence-electron chi connectivity index (χ3n) is 5.39. The number of hydrogen-bond donors (Lipinski definition) is 0. The minimum Gasteiger partial charge on any atom is -0.445 e. The molecule has 9 heteroatoms. The summed E-state index contributed by atoms with van der Waals surface area (Å²) in [6.07, 6.45) is -1.82. The van der Waals surface area contributed by atoms with Crippen LogP contribution in [0, 0.1) is 11.8 Å². The predicted octanol–water partition coefficient (Wildman–Crippen LogP) is 4.86. The first kappa shape index (κ1) is 19.7. The molecule has 1 fully saturated rings. The lowest BCUT2D eigenvalue weighted by Gasteiger charge is -2.14. The van der Waals surface area contributed by atoms with Gasteiger partial charge in [0.05, 0.1) is 12.5 Å². The van der Waals surface area contributed by atoms with E-state index in [4.69, 9.17) is 16.0 Å². The van der Waals surface area contributed by atoms with Gasteiger partial charge in [-0.15, -0.1) is 0 Å². The van der Waals surface area contributed by atoms with Crippen LogP contribution in [-0.2, 0) is 11.3 Å². The molecule has 2 atom stereocenters. The zero-order valence-corrected chi connectivity index (χ0v) is 15.8. The first-order valence-electron chi connectivity index (χ1n) is 9.06. The van der Waals surface area contributed by atoms with Crippen molar-refractivity contribution in [1.29, 1.82) is 0 Å². The van der Waals surface area contributed by atoms with Crippen LogP contribution in [0.15, 0.2) is 46.1 Å². The Morgan fingerprint density at radius 1 is 1.24 bits per heavy atom. The maximum absolute atomic E-state index is 12.9. The summed E-state index contributed by atoms with van der Waals surface area (Å²) in [6.45, 7) is -0.317. The molecule has 0 amide bonds. The molecule has 0 N–H and O–H groups in total. The number of halogens is 4. The lowest BCUT2D eigenvalue weighted by atomic mass is 10.00. The number of alkyl halides is 3. The lowest BCUT2D eigenvalue weighted by molar-refractivity contribution is -0.173. The van der Waals surface area contributed by atoms with Crippen molar-refractivity contribution in [2.75, 3.05) is 0 Å². The van der Waals surface area contributed by atoms with Gasteiger partial charge in [0.15, 0.2) is 5.78 Å². The van der Waals surface area contributed by atoms with E-state index in [2.05, 4.69) is 4.98 Å². The molecule has 1 aliphatic carbocycles. The van der Waals surface area contributed by atoms with Gasteiger partial charge in [-0.2, -0.15) is 13.2 Å². The Balaban J connectivity index is 1.61. The Labute approximate surface area is 168 Å². The van der Waals surface area contributed by atoms with Crippen molar-refractivity contribution in [3.63, 3.8) is 0 Å². The number of ketones is 1. The van der Waals surface area contributed by atoms with E-state index < -0.39 is 29.4 Å². The largest absolute Gasteiger partial charge is 0.445 e. The number of aromatic nitrogens is 2. The van der Waals surface area contributed by atoms with Crippen molar-refractivity contribution in [1.82, 2.24) is 9.55 Å². The molecular weight excluding hydrogens is 409 g/mol. The molecule has 0 aliphatic heterocycles. The van der Waals surface area contributed by atoms with Crippen molar-refractivity contribution in [3.8, 4) is 11.1 Å². The maximum atomic E-state index is 12.9. The fraction of sp³-hybridized carbons (Fsp3) is 0.350. The minimum absolute atomic E-state index is 0.0610. The highest BCUT2D eigenvalue weighted by atomic mass is 35.5. The van der Waals surface area contributed by atoms with Crippen LogP contribution in [-0.4, -0.2) is 21.5 Å². The van der Waals surface area contributed by atoms with E-state index in [9.17, 15) is 22.8 Å².